The molecule has 0 amide bonds. The van der Waals surface area contributed by atoms with E-state index in [-0.39, 0.29) is 6.10 Å². The summed E-state index contributed by atoms with van der Waals surface area (Å²) >= 11 is 0. The van der Waals surface area contributed by atoms with Crippen molar-refractivity contribution < 1.29 is 14.6 Å². The van der Waals surface area contributed by atoms with Crippen molar-refractivity contribution in [3.63, 3.8) is 0 Å². The number of rotatable bonds is 7. The third-order valence-electron chi connectivity index (χ3n) is 1.93. The maximum atomic E-state index is 9.27. The monoisotopic (exact) mass is 174 g/mol. The molecule has 0 aromatic rings. The third-order valence-corrected chi connectivity index (χ3v) is 1.93. The summed E-state index contributed by atoms with van der Waals surface area (Å²) in [5, 5.41) is 9.27. The second kappa shape index (κ2) is 5.51. The van der Waals surface area contributed by atoms with Crippen molar-refractivity contribution in [3.8, 4) is 0 Å². The molecule has 12 heavy (non-hydrogen) atoms. The minimum absolute atomic E-state index is 0.255. The summed E-state index contributed by atoms with van der Waals surface area (Å²) in [6.45, 7) is 3.49. The Bertz CT molecular complexity index is 112. The van der Waals surface area contributed by atoms with Crippen molar-refractivity contribution in [2.75, 3.05) is 13.2 Å². The van der Waals surface area contributed by atoms with Crippen LogP contribution in [0.1, 0.15) is 32.6 Å². The highest BCUT2D eigenvalue weighted by atomic mass is 16.6. The van der Waals surface area contributed by atoms with Crippen LogP contribution in [0.3, 0.4) is 0 Å². The van der Waals surface area contributed by atoms with Gasteiger partial charge in [0.15, 0.2) is 6.29 Å². The molecule has 3 heteroatoms. The van der Waals surface area contributed by atoms with E-state index in [2.05, 4.69) is 6.92 Å². The van der Waals surface area contributed by atoms with Crippen LogP contribution >= 0.6 is 0 Å². The normalized spacial score (nSPS) is 24.0. The van der Waals surface area contributed by atoms with Gasteiger partial charge in [0.2, 0.25) is 0 Å². The molecule has 0 aromatic heterocycles. The van der Waals surface area contributed by atoms with E-state index in [0.29, 0.717) is 6.61 Å². The second-order valence-corrected chi connectivity index (χ2v) is 3.24. The van der Waals surface area contributed by atoms with Crippen LogP contribution < -0.4 is 0 Å². The van der Waals surface area contributed by atoms with Gasteiger partial charge in [-0.05, 0) is 12.8 Å². The highest BCUT2D eigenvalue weighted by molar-refractivity contribution is 4.67. The fraction of sp³-hybridized carbons (Fsp3) is 1.00. The van der Waals surface area contributed by atoms with E-state index in [4.69, 9.17) is 9.47 Å². The van der Waals surface area contributed by atoms with Gasteiger partial charge < -0.3 is 14.6 Å². The molecule has 0 saturated carbocycles. The van der Waals surface area contributed by atoms with Crippen molar-refractivity contribution >= 4 is 0 Å². The Labute approximate surface area is 73.7 Å². The SMILES string of the molecule is CCCCCC(O)OCC1CO1. The van der Waals surface area contributed by atoms with E-state index in [0.717, 1.165) is 19.4 Å². The number of aliphatic hydroxyl groups excluding tert-OH is 1. The number of hydrogen-bond donors (Lipinski definition) is 1. The Balaban J connectivity index is 1.84. The molecule has 0 spiro atoms. The Hall–Kier alpha value is -0.120. The smallest absolute Gasteiger partial charge is 0.154 e. The fourth-order valence-corrected chi connectivity index (χ4v) is 1.03. The van der Waals surface area contributed by atoms with Crippen LogP contribution in [-0.4, -0.2) is 30.7 Å². The minimum Gasteiger partial charge on any atom is -0.371 e. The number of aliphatic hydroxyl groups is 1. The lowest BCUT2D eigenvalue weighted by atomic mass is 10.2. The predicted octanol–water partition coefficient (Wildman–Crippen LogP) is 1.30. The molecule has 0 aliphatic carbocycles. The first-order valence-electron chi connectivity index (χ1n) is 4.74. The van der Waals surface area contributed by atoms with Crippen molar-refractivity contribution in [2.24, 2.45) is 0 Å². The molecule has 72 valence electrons. The molecule has 1 saturated heterocycles. The highest BCUT2D eigenvalue weighted by Gasteiger charge is 2.23. The molecule has 0 bridgehead atoms. The standard InChI is InChI=1S/C9H18O3/c1-2-3-4-5-9(10)12-7-8-6-11-8/h8-10H,2-7H2,1H3. The lowest BCUT2D eigenvalue weighted by Gasteiger charge is -2.09. The van der Waals surface area contributed by atoms with Crippen LogP contribution in [0.25, 0.3) is 0 Å². The van der Waals surface area contributed by atoms with Crippen molar-refractivity contribution in [1.82, 2.24) is 0 Å². The van der Waals surface area contributed by atoms with Crippen molar-refractivity contribution in [2.45, 2.75) is 45.0 Å². The summed E-state index contributed by atoms with van der Waals surface area (Å²) in [5.41, 5.74) is 0. The lowest BCUT2D eigenvalue weighted by molar-refractivity contribution is -0.107. The molecule has 1 aliphatic rings. The zero-order chi connectivity index (χ0) is 8.81. The molecule has 0 aromatic carbocycles. The number of epoxide rings is 1. The maximum Gasteiger partial charge on any atom is 0.154 e. The number of ether oxygens (including phenoxy) is 2. The van der Waals surface area contributed by atoms with Gasteiger partial charge in [-0.1, -0.05) is 19.8 Å². The molecule has 1 aliphatic heterocycles. The van der Waals surface area contributed by atoms with Gasteiger partial charge in [-0.2, -0.15) is 0 Å². The van der Waals surface area contributed by atoms with E-state index >= 15 is 0 Å². The van der Waals surface area contributed by atoms with Gasteiger partial charge in [-0.25, -0.2) is 0 Å². The van der Waals surface area contributed by atoms with E-state index in [1.807, 2.05) is 0 Å². The molecule has 3 nitrogen and oxygen atoms in total. The first-order chi connectivity index (χ1) is 5.83. The van der Waals surface area contributed by atoms with Gasteiger partial charge in [0, 0.05) is 0 Å². The first kappa shape index (κ1) is 9.96. The van der Waals surface area contributed by atoms with Gasteiger partial charge in [0.1, 0.15) is 6.10 Å². The Morgan fingerprint density at radius 3 is 2.92 bits per heavy atom. The molecule has 1 fully saturated rings. The third kappa shape index (κ3) is 4.70. The highest BCUT2D eigenvalue weighted by Crippen LogP contribution is 2.11. The number of hydrogen-bond acceptors (Lipinski definition) is 3. The maximum absolute atomic E-state index is 9.27. The lowest BCUT2D eigenvalue weighted by Crippen LogP contribution is -2.15. The van der Waals surface area contributed by atoms with Gasteiger partial charge in [0.25, 0.3) is 0 Å². The van der Waals surface area contributed by atoms with Crippen LogP contribution in [0.5, 0.6) is 0 Å². The van der Waals surface area contributed by atoms with Gasteiger partial charge >= 0.3 is 0 Å². The fourth-order valence-electron chi connectivity index (χ4n) is 1.03. The first-order valence-corrected chi connectivity index (χ1v) is 4.74. The summed E-state index contributed by atoms with van der Waals surface area (Å²) in [7, 11) is 0. The summed E-state index contributed by atoms with van der Waals surface area (Å²) in [4.78, 5) is 0. The van der Waals surface area contributed by atoms with Crippen molar-refractivity contribution in [1.29, 1.82) is 0 Å². The Kier molecular flexibility index (Phi) is 4.58. The van der Waals surface area contributed by atoms with E-state index in [1.54, 1.807) is 0 Å². The molecule has 1 N–H and O–H groups in total. The summed E-state index contributed by atoms with van der Waals surface area (Å²) in [6.07, 6.45) is 3.81. The average Bonchev–Trinajstić information content (AvgIpc) is 2.84. The zero-order valence-corrected chi connectivity index (χ0v) is 7.66. The number of unbranched alkanes of at least 4 members (excludes halogenated alkanes) is 2. The van der Waals surface area contributed by atoms with Crippen LogP contribution in [0.15, 0.2) is 0 Å². The van der Waals surface area contributed by atoms with Gasteiger partial charge in [0.05, 0.1) is 13.2 Å². The predicted molar refractivity (Wildman–Crippen MR) is 45.8 cm³/mol. The largest absolute Gasteiger partial charge is 0.371 e. The quantitative estimate of drug-likeness (QED) is 0.359. The zero-order valence-electron chi connectivity index (χ0n) is 7.66. The van der Waals surface area contributed by atoms with Crippen LogP contribution in [-0.2, 0) is 9.47 Å². The van der Waals surface area contributed by atoms with Gasteiger partial charge in [-0.3, -0.25) is 0 Å². The van der Waals surface area contributed by atoms with Crippen LogP contribution in [0, 0.1) is 0 Å². The van der Waals surface area contributed by atoms with Crippen LogP contribution in [0.4, 0.5) is 0 Å². The summed E-state index contributed by atoms with van der Waals surface area (Å²) in [5.74, 6) is 0. The van der Waals surface area contributed by atoms with Crippen LogP contribution in [0.2, 0.25) is 0 Å². The van der Waals surface area contributed by atoms with E-state index < -0.39 is 6.29 Å². The second-order valence-electron chi connectivity index (χ2n) is 3.24. The molecule has 1 heterocycles. The van der Waals surface area contributed by atoms with E-state index in [9.17, 15) is 5.11 Å². The molecule has 2 unspecified atom stereocenters. The average molecular weight is 174 g/mol. The minimum atomic E-state index is -0.583. The molecule has 2 atom stereocenters. The molecular formula is C9H18O3. The summed E-state index contributed by atoms with van der Waals surface area (Å²) < 4.78 is 10.1. The molecule has 1 rings (SSSR count). The van der Waals surface area contributed by atoms with Gasteiger partial charge in [-0.15, -0.1) is 0 Å². The van der Waals surface area contributed by atoms with E-state index in [1.165, 1.54) is 12.8 Å². The molecular weight excluding hydrogens is 156 g/mol. The topological polar surface area (TPSA) is 42.0 Å². The summed E-state index contributed by atoms with van der Waals surface area (Å²) in [6, 6.07) is 0. The Morgan fingerprint density at radius 1 is 1.58 bits per heavy atom. The Morgan fingerprint density at radius 2 is 2.33 bits per heavy atom. The van der Waals surface area contributed by atoms with Crippen molar-refractivity contribution in [3.05, 3.63) is 0 Å². The molecule has 0 radical (unpaired) electrons.